The van der Waals surface area contributed by atoms with Gasteiger partial charge in [-0.3, -0.25) is 4.79 Å². The van der Waals surface area contributed by atoms with Crippen molar-refractivity contribution in [2.24, 2.45) is 11.8 Å². The van der Waals surface area contributed by atoms with Gasteiger partial charge < -0.3 is 14.5 Å². The van der Waals surface area contributed by atoms with Gasteiger partial charge in [0.1, 0.15) is 17.6 Å². The van der Waals surface area contributed by atoms with Gasteiger partial charge in [0.25, 0.3) is 0 Å². The SMILES string of the molecule is CC(Oc1ccc(C(F)(F)F)cc1)[C@H]1CCN(C(=O)C2CCN(c3ccc(C#N)cn3)CC2)C[C@@H]1c1ccc(Cl)cc1. The maximum absolute atomic E-state index is 13.7. The van der Waals surface area contributed by atoms with Crippen LogP contribution in [0.5, 0.6) is 5.75 Å². The number of carbonyl (C=O) groups is 1. The van der Waals surface area contributed by atoms with Gasteiger partial charge in [0.05, 0.1) is 17.2 Å². The van der Waals surface area contributed by atoms with Gasteiger partial charge in [-0.15, -0.1) is 0 Å². The molecule has 6 nitrogen and oxygen atoms in total. The Labute approximate surface area is 248 Å². The third-order valence-corrected chi connectivity index (χ3v) is 8.68. The Morgan fingerprint density at radius 1 is 1.02 bits per heavy atom. The van der Waals surface area contributed by atoms with Crippen molar-refractivity contribution in [2.75, 3.05) is 31.1 Å². The molecule has 3 aromatic rings. The molecule has 0 spiro atoms. The molecule has 220 valence electrons. The first-order chi connectivity index (χ1) is 20.1. The Balaban J connectivity index is 1.25. The number of ether oxygens (including phenoxy) is 1. The van der Waals surface area contributed by atoms with E-state index in [2.05, 4.69) is 16.0 Å². The van der Waals surface area contributed by atoms with Crippen LogP contribution in [0, 0.1) is 23.2 Å². The zero-order valence-corrected chi connectivity index (χ0v) is 24.0. The van der Waals surface area contributed by atoms with Crippen LogP contribution < -0.4 is 9.64 Å². The molecule has 0 bridgehead atoms. The molecule has 5 rings (SSSR count). The first-order valence-electron chi connectivity index (χ1n) is 14.1. The van der Waals surface area contributed by atoms with Gasteiger partial charge in [-0.05, 0) is 80.3 Å². The number of benzene rings is 2. The summed E-state index contributed by atoms with van der Waals surface area (Å²) in [6.07, 6.45) is -0.979. The highest BCUT2D eigenvalue weighted by atomic mass is 35.5. The predicted octanol–water partition coefficient (Wildman–Crippen LogP) is 6.94. The molecule has 3 heterocycles. The molecular formula is C32H32ClF3N4O2. The standard InChI is InChI=1S/C32H32ClF3N4O2/c1-21(42-27-9-5-25(6-10-27)32(34,35)36)28-14-17-40(20-29(28)23-3-7-26(33)8-4-23)31(41)24-12-15-39(16-13-24)30-11-2-22(18-37)19-38-30/h2-11,19,21,24,28-29H,12-17,20H2,1H3/t21?,28-,29-/m1/s1. The van der Waals surface area contributed by atoms with Crippen LogP contribution in [0.1, 0.15) is 48.8 Å². The number of rotatable bonds is 6. The average molecular weight is 597 g/mol. The van der Waals surface area contributed by atoms with E-state index in [4.69, 9.17) is 21.6 Å². The summed E-state index contributed by atoms with van der Waals surface area (Å²) in [4.78, 5) is 22.2. The van der Waals surface area contributed by atoms with Crippen LogP contribution in [0.15, 0.2) is 66.9 Å². The van der Waals surface area contributed by atoms with Crippen molar-refractivity contribution in [3.8, 4) is 11.8 Å². The summed E-state index contributed by atoms with van der Waals surface area (Å²) in [7, 11) is 0. The number of anilines is 1. The highest BCUT2D eigenvalue weighted by Gasteiger charge is 2.39. The third kappa shape index (κ3) is 6.81. The number of piperidine rings is 2. The molecule has 2 aromatic carbocycles. The monoisotopic (exact) mass is 596 g/mol. The molecule has 2 aliphatic rings. The summed E-state index contributed by atoms with van der Waals surface area (Å²) in [6.45, 7) is 4.49. The lowest BCUT2D eigenvalue weighted by molar-refractivity contribution is -0.139. The number of amides is 1. The lowest BCUT2D eigenvalue weighted by Crippen LogP contribution is -2.49. The molecule has 2 aliphatic heterocycles. The van der Waals surface area contributed by atoms with Gasteiger partial charge >= 0.3 is 6.18 Å². The molecule has 1 amide bonds. The van der Waals surface area contributed by atoms with Gasteiger partial charge in [0.2, 0.25) is 5.91 Å². The molecule has 1 unspecified atom stereocenters. The van der Waals surface area contributed by atoms with E-state index >= 15 is 0 Å². The molecule has 0 radical (unpaired) electrons. The van der Waals surface area contributed by atoms with Crippen LogP contribution in [-0.2, 0) is 11.0 Å². The largest absolute Gasteiger partial charge is 0.490 e. The highest BCUT2D eigenvalue weighted by molar-refractivity contribution is 6.30. The van der Waals surface area contributed by atoms with Crippen molar-refractivity contribution in [3.63, 3.8) is 0 Å². The number of carbonyl (C=O) groups excluding carboxylic acids is 1. The minimum absolute atomic E-state index is 0.0210. The van der Waals surface area contributed by atoms with E-state index in [1.54, 1.807) is 12.3 Å². The molecular weight excluding hydrogens is 565 g/mol. The lowest BCUT2D eigenvalue weighted by Gasteiger charge is -2.43. The summed E-state index contributed by atoms with van der Waals surface area (Å²) < 4.78 is 45.2. The van der Waals surface area contributed by atoms with Gasteiger partial charge in [-0.2, -0.15) is 18.4 Å². The lowest BCUT2D eigenvalue weighted by atomic mass is 9.77. The number of likely N-dealkylation sites (tertiary alicyclic amines) is 1. The molecule has 0 saturated carbocycles. The first-order valence-corrected chi connectivity index (χ1v) is 14.5. The number of alkyl halides is 3. The highest BCUT2D eigenvalue weighted by Crippen LogP contribution is 2.38. The minimum atomic E-state index is -4.40. The van der Waals surface area contributed by atoms with Crippen molar-refractivity contribution >= 4 is 23.3 Å². The molecule has 2 fully saturated rings. The Bertz CT molecular complexity index is 1400. The number of pyridine rings is 1. The number of nitrogens with zero attached hydrogens (tertiary/aromatic N) is 4. The van der Waals surface area contributed by atoms with Crippen LogP contribution in [-0.4, -0.2) is 48.1 Å². The minimum Gasteiger partial charge on any atom is -0.490 e. The zero-order chi connectivity index (χ0) is 29.9. The van der Waals surface area contributed by atoms with E-state index in [1.165, 1.54) is 12.1 Å². The summed E-state index contributed by atoms with van der Waals surface area (Å²) in [5.74, 6) is 1.28. The van der Waals surface area contributed by atoms with Crippen LogP contribution in [0.4, 0.5) is 19.0 Å². The van der Waals surface area contributed by atoms with Crippen molar-refractivity contribution in [2.45, 2.75) is 44.4 Å². The van der Waals surface area contributed by atoms with E-state index in [-0.39, 0.29) is 29.8 Å². The van der Waals surface area contributed by atoms with Gasteiger partial charge in [0.15, 0.2) is 0 Å². The van der Waals surface area contributed by atoms with Crippen LogP contribution in [0.3, 0.4) is 0 Å². The molecule has 42 heavy (non-hydrogen) atoms. The van der Waals surface area contributed by atoms with Crippen LogP contribution >= 0.6 is 11.6 Å². The second-order valence-corrected chi connectivity index (χ2v) is 11.5. The van der Waals surface area contributed by atoms with E-state index in [0.717, 1.165) is 36.4 Å². The Kier molecular flexibility index (Phi) is 8.93. The Morgan fingerprint density at radius 3 is 2.31 bits per heavy atom. The van der Waals surface area contributed by atoms with Crippen LogP contribution in [0.25, 0.3) is 0 Å². The van der Waals surface area contributed by atoms with E-state index < -0.39 is 11.7 Å². The molecule has 2 saturated heterocycles. The predicted molar refractivity (Wildman–Crippen MR) is 154 cm³/mol. The second-order valence-electron chi connectivity index (χ2n) is 11.0. The van der Waals surface area contributed by atoms with E-state index in [1.807, 2.05) is 42.2 Å². The molecule has 1 aromatic heterocycles. The Morgan fingerprint density at radius 2 is 1.71 bits per heavy atom. The summed E-state index contributed by atoms with van der Waals surface area (Å²) in [6, 6.07) is 18.1. The van der Waals surface area contributed by atoms with Crippen molar-refractivity contribution in [1.82, 2.24) is 9.88 Å². The number of aromatic nitrogens is 1. The normalized spacial score (nSPS) is 20.6. The zero-order valence-electron chi connectivity index (χ0n) is 23.2. The van der Waals surface area contributed by atoms with Gasteiger partial charge in [-0.25, -0.2) is 4.98 Å². The van der Waals surface area contributed by atoms with Crippen molar-refractivity contribution in [3.05, 3.63) is 88.6 Å². The Hall–Kier alpha value is -3.77. The van der Waals surface area contributed by atoms with E-state index in [9.17, 15) is 18.0 Å². The smallest absolute Gasteiger partial charge is 0.416 e. The molecule has 0 N–H and O–H groups in total. The van der Waals surface area contributed by atoms with Gasteiger partial charge in [-0.1, -0.05) is 23.7 Å². The number of halogens is 4. The maximum atomic E-state index is 13.7. The maximum Gasteiger partial charge on any atom is 0.416 e. The number of nitriles is 1. The molecule has 10 heteroatoms. The fourth-order valence-corrected chi connectivity index (χ4v) is 6.20. The molecule has 0 aliphatic carbocycles. The van der Waals surface area contributed by atoms with Crippen molar-refractivity contribution < 1.29 is 22.7 Å². The van der Waals surface area contributed by atoms with Crippen LogP contribution in [0.2, 0.25) is 5.02 Å². The second kappa shape index (κ2) is 12.6. The summed E-state index contributed by atoms with van der Waals surface area (Å²) >= 11 is 6.16. The van der Waals surface area contributed by atoms with E-state index in [0.29, 0.717) is 48.9 Å². The summed E-state index contributed by atoms with van der Waals surface area (Å²) in [5.41, 5.74) is 0.848. The fraction of sp³-hybridized carbons (Fsp3) is 0.406. The topological polar surface area (TPSA) is 69.5 Å². The third-order valence-electron chi connectivity index (χ3n) is 8.43. The quantitative estimate of drug-likeness (QED) is 0.308. The number of hydrogen-bond donors (Lipinski definition) is 0. The molecule has 3 atom stereocenters. The summed E-state index contributed by atoms with van der Waals surface area (Å²) in [5, 5.41) is 9.64. The number of hydrogen-bond acceptors (Lipinski definition) is 5. The fourth-order valence-electron chi connectivity index (χ4n) is 6.07. The van der Waals surface area contributed by atoms with Crippen molar-refractivity contribution in [1.29, 1.82) is 5.26 Å². The van der Waals surface area contributed by atoms with Gasteiger partial charge in [0, 0.05) is 55.2 Å². The average Bonchev–Trinajstić information content (AvgIpc) is 3.01. The first kappa shape index (κ1) is 29.7.